The van der Waals surface area contributed by atoms with Crippen LogP contribution in [0.1, 0.15) is 25.7 Å². The Morgan fingerprint density at radius 2 is 2.06 bits per heavy atom. The van der Waals surface area contributed by atoms with Gasteiger partial charge in [0.25, 0.3) is 0 Å². The van der Waals surface area contributed by atoms with E-state index in [0.29, 0.717) is 19.3 Å². The van der Waals surface area contributed by atoms with E-state index in [1.165, 1.54) is 0 Å². The van der Waals surface area contributed by atoms with Crippen LogP contribution in [0.5, 0.6) is 0 Å². The first-order chi connectivity index (χ1) is 7.33. The summed E-state index contributed by atoms with van der Waals surface area (Å²) in [5.41, 5.74) is 10.3. The molecule has 0 aliphatic heterocycles. The quantitative estimate of drug-likeness (QED) is 0.384. The maximum Gasteiger partial charge on any atom is 0.451 e. The van der Waals surface area contributed by atoms with E-state index in [4.69, 9.17) is 26.6 Å². The van der Waals surface area contributed by atoms with E-state index >= 15 is 0 Å². The lowest BCUT2D eigenvalue weighted by Crippen LogP contribution is -2.56. The number of aliphatic carboxylic acids is 1. The zero-order chi connectivity index (χ0) is 12.3. The summed E-state index contributed by atoms with van der Waals surface area (Å²) in [5.74, 6) is -0.983. The van der Waals surface area contributed by atoms with E-state index in [9.17, 15) is 4.79 Å². The third kappa shape index (κ3) is 3.45. The van der Waals surface area contributed by atoms with Crippen molar-refractivity contribution in [2.75, 3.05) is 0 Å². The summed E-state index contributed by atoms with van der Waals surface area (Å²) in [4.78, 5) is 11.0. The average Bonchev–Trinajstić information content (AvgIpc) is 2.13. The first-order valence-corrected chi connectivity index (χ1v) is 5.47. The number of hydrogen-bond donors (Lipinski definition) is 5. The van der Waals surface area contributed by atoms with Crippen LogP contribution in [0.25, 0.3) is 0 Å². The van der Waals surface area contributed by atoms with E-state index in [0.717, 1.165) is 0 Å². The molecule has 6 nitrogen and oxygen atoms in total. The molecule has 0 radical (unpaired) electrons. The van der Waals surface area contributed by atoms with Crippen LogP contribution in [0.3, 0.4) is 0 Å². The second kappa shape index (κ2) is 5.14. The molecule has 0 spiro atoms. The Balaban J connectivity index is 2.57. The predicted molar refractivity (Wildman–Crippen MR) is 59.5 cm³/mol. The van der Waals surface area contributed by atoms with Gasteiger partial charge in [-0.2, -0.15) is 0 Å². The lowest BCUT2D eigenvalue weighted by molar-refractivity contribution is -0.145. The molecule has 0 aromatic heterocycles. The van der Waals surface area contributed by atoms with Crippen LogP contribution in [0.4, 0.5) is 0 Å². The Kier molecular flexibility index (Phi) is 4.31. The first kappa shape index (κ1) is 13.4. The first-order valence-electron chi connectivity index (χ1n) is 5.47. The summed E-state index contributed by atoms with van der Waals surface area (Å²) in [7, 11) is -1.35. The van der Waals surface area contributed by atoms with Crippen LogP contribution in [-0.2, 0) is 4.79 Å². The molecule has 7 heteroatoms. The average molecular weight is 230 g/mol. The van der Waals surface area contributed by atoms with Crippen molar-refractivity contribution in [2.45, 2.75) is 43.6 Å². The molecule has 1 fully saturated rings. The van der Waals surface area contributed by atoms with Gasteiger partial charge in [0.1, 0.15) is 5.54 Å². The zero-order valence-corrected chi connectivity index (χ0v) is 9.17. The number of rotatable bonds is 4. The lowest BCUT2D eigenvalue weighted by atomic mass is 9.70. The number of carbonyl (C=O) groups is 1. The second-order valence-electron chi connectivity index (χ2n) is 4.79. The molecule has 3 unspecified atom stereocenters. The number of hydrogen-bond acceptors (Lipinski definition) is 5. The third-order valence-electron chi connectivity index (χ3n) is 3.17. The predicted octanol–water partition coefficient (Wildman–Crippen LogP) is -1.24. The summed E-state index contributed by atoms with van der Waals surface area (Å²) < 4.78 is 0. The standard InChI is InChI=1S/C9H19BN2O4/c11-7-3-6(1-2-10(15)16)4-9(12,5-7)8(13)14/h6-7,15-16H,1-5,11-12H2,(H,13,14). The van der Waals surface area contributed by atoms with E-state index in [-0.39, 0.29) is 24.7 Å². The highest BCUT2D eigenvalue weighted by Crippen LogP contribution is 2.33. The molecule has 1 aliphatic carbocycles. The lowest BCUT2D eigenvalue weighted by Gasteiger charge is -2.38. The van der Waals surface area contributed by atoms with Crippen molar-refractivity contribution in [3.8, 4) is 0 Å². The van der Waals surface area contributed by atoms with Crippen molar-refractivity contribution in [3.63, 3.8) is 0 Å². The Morgan fingerprint density at radius 3 is 2.56 bits per heavy atom. The van der Waals surface area contributed by atoms with Gasteiger partial charge >= 0.3 is 13.1 Å². The molecular formula is C9H19BN2O4. The number of carboxylic acids is 1. The minimum Gasteiger partial charge on any atom is -0.480 e. The molecule has 1 rings (SSSR count). The number of carboxylic acid groups (broad SMARTS) is 1. The Labute approximate surface area is 94.8 Å². The molecular weight excluding hydrogens is 211 g/mol. The van der Waals surface area contributed by atoms with Gasteiger partial charge in [-0.3, -0.25) is 4.79 Å². The topological polar surface area (TPSA) is 130 Å². The molecule has 0 saturated heterocycles. The molecule has 0 heterocycles. The Morgan fingerprint density at radius 1 is 1.44 bits per heavy atom. The van der Waals surface area contributed by atoms with Crippen molar-refractivity contribution in [3.05, 3.63) is 0 Å². The Bertz CT molecular complexity index is 264. The van der Waals surface area contributed by atoms with Crippen LogP contribution in [-0.4, -0.2) is 39.8 Å². The van der Waals surface area contributed by atoms with Gasteiger partial charge in [-0.1, -0.05) is 6.42 Å². The fourth-order valence-electron chi connectivity index (χ4n) is 2.44. The van der Waals surface area contributed by atoms with Crippen LogP contribution >= 0.6 is 0 Å². The fourth-order valence-corrected chi connectivity index (χ4v) is 2.44. The minimum absolute atomic E-state index is 0.0478. The van der Waals surface area contributed by atoms with Crippen LogP contribution in [0, 0.1) is 5.92 Å². The highest BCUT2D eigenvalue weighted by atomic mass is 16.4. The SMILES string of the molecule is NC1CC(CCB(O)O)CC(N)(C(=O)O)C1. The van der Waals surface area contributed by atoms with Gasteiger partial charge in [0, 0.05) is 6.04 Å². The minimum atomic E-state index is -1.35. The highest BCUT2D eigenvalue weighted by molar-refractivity contribution is 6.40. The molecule has 92 valence electrons. The van der Waals surface area contributed by atoms with Crippen molar-refractivity contribution in [2.24, 2.45) is 17.4 Å². The molecule has 7 N–H and O–H groups in total. The van der Waals surface area contributed by atoms with Crippen molar-refractivity contribution in [1.29, 1.82) is 0 Å². The summed E-state index contributed by atoms with van der Waals surface area (Å²) in [6, 6.07) is -0.226. The summed E-state index contributed by atoms with van der Waals surface area (Å²) >= 11 is 0. The Hall–Kier alpha value is -0.625. The molecule has 0 amide bonds. The van der Waals surface area contributed by atoms with Gasteiger partial charge in [-0.05, 0) is 31.5 Å². The molecule has 3 atom stereocenters. The fraction of sp³-hybridized carbons (Fsp3) is 0.889. The summed E-state index contributed by atoms with van der Waals surface area (Å²) in [6.07, 6.45) is 2.09. The van der Waals surface area contributed by atoms with Gasteiger partial charge in [0.05, 0.1) is 0 Å². The monoisotopic (exact) mass is 230 g/mol. The second-order valence-corrected chi connectivity index (χ2v) is 4.79. The highest BCUT2D eigenvalue weighted by Gasteiger charge is 2.42. The van der Waals surface area contributed by atoms with E-state index in [2.05, 4.69) is 0 Å². The molecule has 0 bridgehead atoms. The van der Waals surface area contributed by atoms with Crippen LogP contribution in [0.2, 0.25) is 6.32 Å². The van der Waals surface area contributed by atoms with Crippen molar-refractivity contribution in [1.82, 2.24) is 0 Å². The summed E-state index contributed by atoms with van der Waals surface area (Å²) in [6.45, 7) is 0. The zero-order valence-electron chi connectivity index (χ0n) is 9.17. The van der Waals surface area contributed by atoms with Crippen LogP contribution in [0.15, 0.2) is 0 Å². The van der Waals surface area contributed by atoms with E-state index in [1.54, 1.807) is 0 Å². The van der Waals surface area contributed by atoms with Gasteiger partial charge < -0.3 is 26.6 Å². The van der Waals surface area contributed by atoms with Gasteiger partial charge in [0.2, 0.25) is 0 Å². The molecule has 1 aliphatic rings. The number of nitrogens with two attached hydrogens (primary N) is 2. The normalized spacial score (nSPS) is 34.8. The smallest absolute Gasteiger partial charge is 0.451 e. The summed E-state index contributed by atoms with van der Waals surface area (Å²) in [5, 5.41) is 26.6. The molecule has 0 aromatic carbocycles. The van der Waals surface area contributed by atoms with Gasteiger partial charge in [-0.25, -0.2) is 0 Å². The maximum absolute atomic E-state index is 11.0. The van der Waals surface area contributed by atoms with Gasteiger partial charge in [0.15, 0.2) is 0 Å². The van der Waals surface area contributed by atoms with Crippen LogP contribution < -0.4 is 11.5 Å². The molecule has 1 saturated carbocycles. The maximum atomic E-state index is 11.0. The molecule has 16 heavy (non-hydrogen) atoms. The van der Waals surface area contributed by atoms with E-state index in [1.807, 2.05) is 0 Å². The molecule has 0 aromatic rings. The van der Waals surface area contributed by atoms with E-state index < -0.39 is 18.6 Å². The largest absolute Gasteiger partial charge is 0.480 e. The van der Waals surface area contributed by atoms with Gasteiger partial charge in [-0.15, -0.1) is 0 Å². The van der Waals surface area contributed by atoms with Crippen molar-refractivity contribution >= 4 is 13.1 Å². The third-order valence-corrected chi connectivity index (χ3v) is 3.17. The van der Waals surface area contributed by atoms with Crippen molar-refractivity contribution < 1.29 is 19.9 Å².